The predicted octanol–water partition coefficient (Wildman–Crippen LogP) is -0.428. The molecular formula is C7H13NO3. The highest BCUT2D eigenvalue weighted by atomic mass is 16.6. The lowest BCUT2D eigenvalue weighted by Crippen LogP contribution is -2.51. The van der Waals surface area contributed by atoms with E-state index in [1.165, 1.54) is 6.92 Å². The molecule has 0 aromatic rings. The third-order valence-corrected chi connectivity index (χ3v) is 1.93. The minimum absolute atomic E-state index is 0.0140. The monoisotopic (exact) mass is 159 g/mol. The van der Waals surface area contributed by atoms with E-state index < -0.39 is 6.29 Å². The molecule has 1 rings (SSSR count). The molecule has 0 spiro atoms. The lowest BCUT2D eigenvalue weighted by molar-refractivity contribution is -0.182. The second-order valence-electron chi connectivity index (χ2n) is 2.71. The Morgan fingerprint density at radius 1 is 1.73 bits per heavy atom. The normalized spacial score (nSPS) is 32.1. The minimum Gasteiger partial charge on any atom is -0.366 e. The smallest absolute Gasteiger partial charge is 0.219 e. The first kappa shape index (κ1) is 8.49. The van der Waals surface area contributed by atoms with E-state index in [4.69, 9.17) is 4.74 Å². The van der Waals surface area contributed by atoms with E-state index in [2.05, 4.69) is 0 Å². The molecule has 1 N–H and O–H groups in total. The van der Waals surface area contributed by atoms with E-state index >= 15 is 0 Å². The van der Waals surface area contributed by atoms with Crippen LogP contribution in [0.2, 0.25) is 0 Å². The third kappa shape index (κ3) is 1.70. The fraction of sp³-hybridized carbons (Fsp3) is 0.857. The first-order valence-corrected chi connectivity index (χ1v) is 3.70. The van der Waals surface area contributed by atoms with E-state index in [1.54, 1.807) is 11.8 Å². The number of aliphatic hydroxyl groups is 1. The fourth-order valence-corrected chi connectivity index (χ4v) is 1.21. The van der Waals surface area contributed by atoms with Crippen LogP contribution in [0.15, 0.2) is 0 Å². The van der Waals surface area contributed by atoms with Crippen molar-refractivity contribution >= 4 is 5.91 Å². The van der Waals surface area contributed by atoms with Gasteiger partial charge >= 0.3 is 0 Å². The Labute approximate surface area is 65.8 Å². The van der Waals surface area contributed by atoms with Crippen molar-refractivity contribution in [1.29, 1.82) is 0 Å². The first-order valence-electron chi connectivity index (χ1n) is 3.70. The molecule has 0 aromatic heterocycles. The van der Waals surface area contributed by atoms with Crippen molar-refractivity contribution in [2.45, 2.75) is 26.2 Å². The molecule has 1 unspecified atom stereocenters. The van der Waals surface area contributed by atoms with Crippen LogP contribution < -0.4 is 0 Å². The topological polar surface area (TPSA) is 49.8 Å². The van der Waals surface area contributed by atoms with Crippen LogP contribution in [0.1, 0.15) is 13.8 Å². The summed E-state index contributed by atoms with van der Waals surface area (Å²) in [6.45, 7) is 4.26. The molecule has 0 aliphatic carbocycles. The van der Waals surface area contributed by atoms with Crippen LogP contribution in [0.4, 0.5) is 0 Å². The van der Waals surface area contributed by atoms with Crippen molar-refractivity contribution in [2.75, 3.05) is 13.2 Å². The molecule has 0 aromatic carbocycles. The molecule has 1 aliphatic heterocycles. The maximum atomic E-state index is 10.9. The molecule has 1 heterocycles. The molecule has 0 radical (unpaired) electrons. The molecule has 0 bridgehead atoms. The molecule has 4 nitrogen and oxygen atoms in total. The predicted molar refractivity (Wildman–Crippen MR) is 38.8 cm³/mol. The molecular weight excluding hydrogens is 146 g/mol. The lowest BCUT2D eigenvalue weighted by Gasteiger charge is -2.35. The van der Waals surface area contributed by atoms with Gasteiger partial charge in [-0.2, -0.15) is 0 Å². The largest absolute Gasteiger partial charge is 0.366 e. The number of amides is 1. The highest BCUT2D eigenvalue weighted by Gasteiger charge is 2.28. The molecule has 1 amide bonds. The van der Waals surface area contributed by atoms with Crippen molar-refractivity contribution in [1.82, 2.24) is 4.90 Å². The molecule has 2 atom stereocenters. The standard InChI is InChI=1S/C7H13NO3/c1-5-7(10)11-4-3-8(5)6(2)9/h5,7,10H,3-4H2,1-2H3/t5?,7-/m1/s1. The summed E-state index contributed by atoms with van der Waals surface area (Å²) in [6.07, 6.45) is -0.826. The zero-order chi connectivity index (χ0) is 8.43. The number of hydrogen-bond donors (Lipinski definition) is 1. The number of morpholine rings is 1. The van der Waals surface area contributed by atoms with Gasteiger partial charge in [0.2, 0.25) is 5.91 Å². The number of ether oxygens (including phenoxy) is 1. The Bertz CT molecular complexity index is 160. The van der Waals surface area contributed by atoms with Gasteiger partial charge in [0.25, 0.3) is 0 Å². The fourth-order valence-electron chi connectivity index (χ4n) is 1.21. The maximum absolute atomic E-state index is 10.9. The molecule has 0 saturated carbocycles. The summed E-state index contributed by atoms with van der Waals surface area (Å²) >= 11 is 0. The van der Waals surface area contributed by atoms with Gasteiger partial charge in [-0.1, -0.05) is 0 Å². The van der Waals surface area contributed by atoms with Crippen LogP contribution in [0.3, 0.4) is 0 Å². The van der Waals surface area contributed by atoms with E-state index in [1.807, 2.05) is 0 Å². The van der Waals surface area contributed by atoms with Crippen LogP contribution in [0, 0.1) is 0 Å². The number of hydrogen-bond acceptors (Lipinski definition) is 3. The Morgan fingerprint density at radius 3 is 2.82 bits per heavy atom. The zero-order valence-electron chi connectivity index (χ0n) is 6.78. The Balaban J connectivity index is 2.58. The number of rotatable bonds is 0. The van der Waals surface area contributed by atoms with E-state index in [0.717, 1.165) is 0 Å². The van der Waals surface area contributed by atoms with E-state index in [9.17, 15) is 9.90 Å². The third-order valence-electron chi connectivity index (χ3n) is 1.93. The highest BCUT2D eigenvalue weighted by molar-refractivity contribution is 5.73. The lowest BCUT2D eigenvalue weighted by atomic mass is 10.2. The summed E-state index contributed by atoms with van der Waals surface area (Å²) in [6, 6.07) is -0.221. The minimum atomic E-state index is -0.826. The SMILES string of the molecule is CC(=O)N1CCO[C@@H](O)C1C. The molecule has 1 saturated heterocycles. The van der Waals surface area contributed by atoms with Crippen molar-refractivity contribution in [3.63, 3.8) is 0 Å². The summed E-state index contributed by atoms with van der Waals surface area (Å²) in [4.78, 5) is 12.5. The Hall–Kier alpha value is -0.610. The summed E-state index contributed by atoms with van der Waals surface area (Å²) < 4.78 is 4.93. The van der Waals surface area contributed by atoms with Gasteiger partial charge in [-0.25, -0.2) is 0 Å². The summed E-state index contributed by atoms with van der Waals surface area (Å²) in [5, 5.41) is 9.18. The van der Waals surface area contributed by atoms with Crippen molar-refractivity contribution < 1.29 is 14.6 Å². The van der Waals surface area contributed by atoms with Crippen molar-refractivity contribution in [2.24, 2.45) is 0 Å². The average molecular weight is 159 g/mol. The van der Waals surface area contributed by atoms with Crippen LogP contribution in [-0.4, -0.2) is 41.4 Å². The van der Waals surface area contributed by atoms with Gasteiger partial charge in [0.05, 0.1) is 12.6 Å². The van der Waals surface area contributed by atoms with Crippen LogP contribution in [0.25, 0.3) is 0 Å². The Morgan fingerprint density at radius 2 is 2.36 bits per heavy atom. The second kappa shape index (κ2) is 3.19. The van der Waals surface area contributed by atoms with Crippen LogP contribution >= 0.6 is 0 Å². The first-order chi connectivity index (χ1) is 5.13. The van der Waals surface area contributed by atoms with Crippen molar-refractivity contribution in [3.8, 4) is 0 Å². The average Bonchev–Trinajstić information content (AvgIpc) is 1.94. The second-order valence-corrected chi connectivity index (χ2v) is 2.71. The maximum Gasteiger partial charge on any atom is 0.219 e. The molecule has 1 aliphatic rings. The molecule has 4 heteroatoms. The van der Waals surface area contributed by atoms with Crippen molar-refractivity contribution in [3.05, 3.63) is 0 Å². The quantitative estimate of drug-likeness (QED) is 0.522. The summed E-state index contributed by atoms with van der Waals surface area (Å²) in [7, 11) is 0. The van der Waals surface area contributed by atoms with Gasteiger partial charge in [0.1, 0.15) is 0 Å². The molecule has 11 heavy (non-hydrogen) atoms. The summed E-state index contributed by atoms with van der Waals surface area (Å²) in [5.41, 5.74) is 0. The zero-order valence-corrected chi connectivity index (χ0v) is 6.78. The van der Waals surface area contributed by atoms with Gasteiger partial charge < -0.3 is 14.7 Å². The Kier molecular flexibility index (Phi) is 2.46. The summed E-state index contributed by atoms with van der Waals surface area (Å²) in [5.74, 6) is -0.0140. The van der Waals surface area contributed by atoms with Gasteiger partial charge in [0.15, 0.2) is 6.29 Å². The van der Waals surface area contributed by atoms with Gasteiger partial charge in [0, 0.05) is 13.5 Å². The van der Waals surface area contributed by atoms with E-state index in [-0.39, 0.29) is 11.9 Å². The van der Waals surface area contributed by atoms with Gasteiger partial charge in [-0.3, -0.25) is 4.79 Å². The highest BCUT2D eigenvalue weighted by Crippen LogP contribution is 2.11. The molecule has 64 valence electrons. The number of carbonyl (C=O) groups is 1. The van der Waals surface area contributed by atoms with Gasteiger partial charge in [-0.15, -0.1) is 0 Å². The number of aliphatic hydroxyl groups excluding tert-OH is 1. The number of carbonyl (C=O) groups excluding carboxylic acids is 1. The van der Waals surface area contributed by atoms with Crippen LogP contribution in [0.5, 0.6) is 0 Å². The molecule has 1 fully saturated rings. The number of nitrogens with zero attached hydrogens (tertiary/aromatic N) is 1. The van der Waals surface area contributed by atoms with Crippen LogP contribution in [-0.2, 0) is 9.53 Å². The van der Waals surface area contributed by atoms with E-state index in [0.29, 0.717) is 13.2 Å². The van der Waals surface area contributed by atoms with Gasteiger partial charge in [-0.05, 0) is 6.92 Å².